The largest absolute Gasteiger partial charge is 0.496 e. The third-order valence-corrected chi connectivity index (χ3v) is 2.83. The van der Waals surface area contributed by atoms with E-state index in [9.17, 15) is 9.18 Å². The molecule has 0 aliphatic rings. The zero-order chi connectivity index (χ0) is 14.0. The van der Waals surface area contributed by atoms with Crippen LogP contribution in [0.3, 0.4) is 0 Å². The van der Waals surface area contributed by atoms with Crippen molar-refractivity contribution in [3.05, 3.63) is 40.6 Å². The number of carbonyl (C=O) groups excluding carboxylic acids is 1. The summed E-state index contributed by atoms with van der Waals surface area (Å²) in [6, 6.07) is 3.97. The number of nitrogens with zero attached hydrogens (tertiary/aromatic N) is 2. The molecule has 0 aliphatic carbocycles. The first-order valence-electron chi connectivity index (χ1n) is 5.40. The predicted octanol–water partition coefficient (Wildman–Crippen LogP) is 3.07. The molecule has 0 saturated carbocycles. The highest BCUT2D eigenvalue weighted by molar-refractivity contribution is 6.32. The number of hydrogen-bond donors (Lipinski definition) is 0. The maximum Gasteiger partial charge on any atom is 0.155 e. The molecule has 0 fully saturated rings. The van der Waals surface area contributed by atoms with Gasteiger partial charge < -0.3 is 4.74 Å². The molecule has 1 aromatic carbocycles. The number of aryl methyl sites for hydroxylation is 1. The maximum atomic E-state index is 13.4. The number of ether oxygens (including phenoxy) is 1. The molecule has 0 spiro atoms. The van der Waals surface area contributed by atoms with Crippen molar-refractivity contribution in [1.29, 1.82) is 0 Å². The molecule has 0 amide bonds. The minimum absolute atomic E-state index is 0.0313. The third kappa shape index (κ3) is 2.56. The Morgan fingerprint density at radius 1 is 1.37 bits per heavy atom. The summed E-state index contributed by atoms with van der Waals surface area (Å²) in [5, 5.41) is 0.0313. The average molecular weight is 281 g/mol. The van der Waals surface area contributed by atoms with Crippen molar-refractivity contribution in [1.82, 2.24) is 9.97 Å². The van der Waals surface area contributed by atoms with E-state index >= 15 is 0 Å². The van der Waals surface area contributed by atoms with Crippen molar-refractivity contribution >= 4 is 17.9 Å². The molecule has 19 heavy (non-hydrogen) atoms. The van der Waals surface area contributed by atoms with Crippen LogP contribution in [-0.2, 0) is 0 Å². The SMILES string of the molecule is COc1ccc(F)cc1-c1nc(C)nc(Cl)c1C=O. The minimum atomic E-state index is -0.458. The molecule has 4 nitrogen and oxygen atoms in total. The first-order chi connectivity index (χ1) is 9.06. The molecular formula is C13H10ClFN2O2. The first-order valence-corrected chi connectivity index (χ1v) is 5.78. The van der Waals surface area contributed by atoms with Gasteiger partial charge in [0.25, 0.3) is 0 Å². The summed E-state index contributed by atoms with van der Waals surface area (Å²) in [5.74, 6) is 0.329. The predicted molar refractivity (Wildman–Crippen MR) is 69.1 cm³/mol. The molecule has 6 heteroatoms. The number of aromatic nitrogens is 2. The normalized spacial score (nSPS) is 10.3. The Labute approximate surface area is 114 Å². The molecule has 2 rings (SSSR count). The summed E-state index contributed by atoms with van der Waals surface area (Å²) in [7, 11) is 1.45. The van der Waals surface area contributed by atoms with Crippen LogP contribution in [0.5, 0.6) is 5.75 Å². The highest BCUT2D eigenvalue weighted by Gasteiger charge is 2.17. The van der Waals surface area contributed by atoms with Gasteiger partial charge in [-0.05, 0) is 25.1 Å². The van der Waals surface area contributed by atoms with Crippen LogP contribution in [-0.4, -0.2) is 23.4 Å². The van der Waals surface area contributed by atoms with Gasteiger partial charge in [-0.15, -0.1) is 0 Å². The summed E-state index contributed by atoms with van der Waals surface area (Å²) in [6.07, 6.45) is 0.543. The zero-order valence-corrected chi connectivity index (χ0v) is 11.0. The van der Waals surface area contributed by atoms with Crippen LogP contribution < -0.4 is 4.74 Å². The fraction of sp³-hybridized carbons (Fsp3) is 0.154. The molecule has 1 aromatic heterocycles. The number of carbonyl (C=O) groups is 1. The Balaban J connectivity index is 2.77. The fourth-order valence-corrected chi connectivity index (χ4v) is 1.98. The Bertz CT molecular complexity index is 647. The second kappa shape index (κ2) is 5.32. The number of halogens is 2. The van der Waals surface area contributed by atoms with Crippen LogP contribution in [0, 0.1) is 12.7 Å². The summed E-state index contributed by atoms with van der Waals surface area (Å²) in [5.41, 5.74) is 0.719. The molecule has 0 radical (unpaired) electrons. The lowest BCUT2D eigenvalue weighted by Crippen LogP contribution is -2.01. The van der Waals surface area contributed by atoms with Gasteiger partial charge in [0.15, 0.2) is 6.29 Å². The Morgan fingerprint density at radius 2 is 2.11 bits per heavy atom. The third-order valence-electron chi connectivity index (χ3n) is 2.55. The highest BCUT2D eigenvalue weighted by Crippen LogP contribution is 2.33. The molecule has 1 heterocycles. The van der Waals surface area contributed by atoms with Gasteiger partial charge in [0.05, 0.1) is 18.4 Å². The smallest absolute Gasteiger partial charge is 0.155 e. The van der Waals surface area contributed by atoms with Crippen molar-refractivity contribution in [3.8, 4) is 17.0 Å². The van der Waals surface area contributed by atoms with Crippen LogP contribution >= 0.6 is 11.6 Å². The molecule has 0 N–H and O–H groups in total. The molecule has 2 aromatic rings. The number of rotatable bonds is 3. The van der Waals surface area contributed by atoms with Gasteiger partial charge in [0.1, 0.15) is 22.5 Å². The molecule has 0 bridgehead atoms. The average Bonchev–Trinajstić information content (AvgIpc) is 2.37. The van der Waals surface area contributed by atoms with E-state index in [-0.39, 0.29) is 16.4 Å². The van der Waals surface area contributed by atoms with E-state index < -0.39 is 5.82 Å². The van der Waals surface area contributed by atoms with E-state index in [4.69, 9.17) is 16.3 Å². The van der Waals surface area contributed by atoms with Crippen molar-refractivity contribution in [2.24, 2.45) is 0 Å². The molecule has 0 atom stereocenters. The van der Waals surface area contributed by atoms with E-state index in [0.717, 1.165) is 0 Å². The van der Waals surface area contributed by atoms with E-state index in [1.165, 1.54) is 25.3 Å². The Kier molecular flexibility index (Phi) is 3.76. The van der Waals surface area contributed by atoms with Gasteiger partial charge in [-0.2, -0.15) is 0 Å². The summed E-state index contributed by atoms with van der Waals surface area (Å²) in [4.78, 5) is 19.2. The minimum Gasteiger partial charge on any atom is -0.496 e. The second-order valence-electron chi connectivity index (χ2n) is 3.79. The van der Waals surface area contributed by atoms with Gasteiger partial charge in [0, 0.05) is 5.56 Å². The Morgan fingerprint density at radius 3 is 2.74 bits per heavy atom. The fourth-order valence-electron chi connectivity index (χ4n) is 1.72. The van der Waals surface area contributed by atoms with Crippen molar-refractivity contribution in [2.75, 3.05) is 7.11 Å². The van der Waals surface area contributed by atoms with E-state index in [0.29, 0.717) is 23.4 Å². The molecule has 0 aliphatic heterocycles. The summed E-state index contributed by atoms with van der Waals surface area (Å²) in [6.45, 7) is 1.63. The Hall–Kier alpha value is -2.01. The van der Waals surface area contributed by atoms with Crippen LogP contribution in [0.2, 0.25) is 5.15 Å². The molecule has 98 valence electrons. The number of benzene rings is 1. The summed E-state index contributed by atoms with van der Waals surface area (Å²) < 4.78 is 18.5. The maximum absolute atomic E-state index is 13.4. The lowest BCUT2D eigenvalue weighted by Gasteiger charge is -2.11. The van der Waals surface area contributed by atoms with Crippen molar-refractivity contribution < 1.29 is 13.9 Å². The van der Waals surface area contributed by atoms with Crippen molar-refractivity contribution in [2.45, 2.75) is 6.92 Å². The highest BCUT2D eigenvalue weighted by atomic mass is 35.5. The van der Waals surface area contributed by atoms with Crippen LogP contribution in [0.1, 0.15) is 16.2 Å². The first kappa shape index (κ1) is 13.4. The van der Waals surface area contributed by atoms with Gasteiger partial charge in [-0.3, -0.25) is 4.79 Å². The topological polar surface area (TPSA) is 52.1 Å². The monoisotopic (exact) mass is 280 g/mol. The van der Waals surface area contributed by atoms with Crippen LogP contribution in [0.15, 0.2) is 18.2 Å². The van der Waals surface area contributed by atoms with E-state index in [2.05, 4.69) is 9.97 Å². The molecular weight excluding hydrogens is 271 g/mol. The van der Waals surface area contributed by atoms with Crippen LogP contribution in [0.25, 0.3) is 11.3 Å². The number of hydrogen-bond acceptors (Lipinski definition) is 4. The van der Waals surface area contributed by atoms with Gasteiger partial charge in [-0.1, -0.05) is 11.6 Å². The van der Waals surface area contributed by atoms with Gasteiger partial charge in [-0.25, -0.2) is 14.4 Å². The molecule has 0 saturated heterocycles. The van der Waals surface area contributed by atoms with Gasteiger partial charge in [0.2, 0.25) is 0 Å². The van der Waals surface area contributed by atoms with E-state index in [1.807, 2.05) is 0 Å². The summed E-state index contributed by atoms with van der Waals surface area (Å²) >= 11 is 5.90. The lowest BCUT2D eigenvalue weighted by molar-refractivity contribution is 0.112. The standard InChI is InChI=1S/C13H10ClFN2O2/c1-7-16-12(10(6-18)13(14)17-7)9-5-8(15)3-4-11(9)19-2/h3-6H,1-2H3. The van der Waals surface area contributed by atoms with Gasteiger partial charge >= 0.3 is 0 Å². The second-order valence-corrected chi connectivity index (χ2v) is 4.14. The quantitative estimate of drug-likeness (QED) is 0.640. The zero-order valence-electron chi connectivity index (χ0n) is 10.3. The van der Waals surface area contributed by atoms with Crippen molar-refractivity contribution in [3.63, 3.8) is 0 Å². The number of methoxy groups -OCH3 is 1. The molecule has 0 unspecified atom stereocenters. The lowest BCUT2D eigenvalue weighted by atomic mass is 10.1. The van der Waals surface area contributed by atoms with Crippen LogP contribution in [0.4, 0.5) is 4.39 Å². The van der Waals surface area contributed by atoms with E-state index in [1.54, 1.807) is 6.92 Å². The number of aldehydes is 1.